The largest absolute Gasteiger partial charge is 0.484 e. The van der Waals surface area contributed by atoms with Crippen LogP contribution in [0.3, 0.4) is 0 Å². The van der Waals surface area contributed by atoms with Crippen molar-refractivity contribution < 1.29 is 18.9 Å². The fourth-order valence-electron chi connectivity index (χ4n) is 2.40. The number of halogens is 2. The highest BCUT2D eigenvalue weighted by Gasteiger charge is 2.15. The number of anilines is 1. The molecular formula is C19H14Cl2N2O5. The Morgan fingerprint density at radius 1 is 1.18 bits per heavy atom. The number of carbonyl (C=O) groups excluding carboxylic acids is 1. The molecule has 2 aromatic carbocycles. The van der Waals surface area contributed by atoms with E-state index in [1.165, 1.54) is 24.3 Å². The number of hydrogen-bond acceptors (Lipinski definition) is 5. The summed E-state index contributed by atoms with van der Waals surface area (Å²) in [4.78, 5) is 22.6. The monoisotopic (exact) mass is 420 g/mol. The van der Waals surface area contributed by atoms with E-state index in [4.69, 9.17) is 32.4 Å². The van der Waals surface area contributed by atoms with E-state index in [2.05, 4.69) is 5.32 Å². The van der Waals surface area contributed by atoms with Gasteiger partial charge < -0.3 is 14.5 Å². The van der Waals surface area contributed by atoms with E-state index in [1.54, 1.807) is 31.2 Å². The van der Waals surface area contributed by atoms with Gasteiger partial charge in [-0.1, -0.05) is 23.2 Å². The molecule has 3 rings (SSSR count). The van der Waals surface area contributed by atoms with Crippen molar-refractivity contribution in [2.24, 2.45) is 0 Å². The first-order valence-electron chi connectivity index (χ1n) is 8.06. The molecule has 1 N–H and O–H groups in total. The Morgan fingerprint density at radius 3 is 2.64 bits per heavy atom. The second-order valence-electron chi connectivity index (χ2n) is 5.84. The van der Waals surface area contributed by atoms with Crippen molar-refractivity contribution in [1.82, 2.24) is 0 Å². The molecule has 7 nitrogen and oxygen atoms in total. The lowest BCUT2D eigenvalue weighted by molar-refractivity contribution is -0.384. The van der Waals surface area contributed by atoms with Crippen LogP contribution in [0.15, 0.2) is 52.9 Å². The molecule has 1 amide bonds. The number of nitrogens with one attached hydrogen (secondary N) is 1. The Morgan fingerprint density at radius 2 is 1.96 bits per heavy atom. The SMILES string of the molecule is Cc1cc([N+](=O)[O-])ccc1NC(=O)c1ccc(COc2ccc(Cl)cc2Cl)o1. The van der Waals surface area contributed by atoms with Gasteiger partial charge in [0, 0.05) is 22.8 Å². The van der Waals surface area contributed by atoms with Crippen LogP contribution in [0, 0.1) is 17.0 Å². The van der Waals surface area contributed by atoms with Gasteiger partial charge >= 0.3 is 0 Å². The zero-order valence-electron chi connectivity index (χ0n) is 14.6. The van der Waals surface area contributed by atoms with Gasteiger partial charge in [0.1, 0.15) is 18.1 Å². The molecule has 3 aromatic rings. The molecular weight excluding hydrogens is 407 g/mol. The van der Waals surface area contributed by atoms with Gasteiger partial charge in [0.05, 0.1) is 9.95 Å². The number of aryl methyl sites for hydroxylation is 1. The first-order chi connectivity index (χ1) is 13.3. The van der Waals surface area contributed by atoms with Crippen molar-refractivity contribution in [1.29, 1.82) is 0 Å². The number of nitro benzene ring substituents is 1. The Bertz CT molecular complexity index is 1050. The van der Waals surface area contributed by atoms with Crippen molar-refractivity contribution in [3.8, 4) is 5.75 Å². The van der Waals surface area contributed by atoms with E-state index in [9.17, 15) is 14.9 Å². The number of non-ortho nitro benzene ring substituents is 1. The van der Waals surface area contributed by atoms with Gasteiger partial charge in [0.2, 0.25) is 0 Å². The maximum absolute atomic E-state index is 12.3. The smallest absolute Gasteiger partial charge is 0.291 e. The summed E-state index contributed by atoms with van der Waals surface area (Å²) in [7, 11) is 0. The Balaban J connectivity index is 1.64. The lowest BCUT2D eigenvalue weighted by Crippen LogP contribution is -2.12. The summed E-state index contributed by atoms with van der Waals surface area (Å²) < 4.78 is 11.1. The molecule has 0 bridgehead atoms. The fourth-order valence-corrected chi connectivity index (χ4v) is 2.87. The average molecular weight is 421 g/mol. The number of nitro groups is 1. The summed E-state index contributed by atoms with van der Waals surface area (Å²) >= 11 is 11.9. The second-order valence-corrected chi connectivity index (χ2v) is 6.68. The second kappa shape index (κ2) is 8.33. The lowest BCUT2D eigenvalue weighted by atomic mass is 10.2. The normalized spacial score (nSPS) is 10.5. The summed E-state index contributed by atoms with van der Waals surface area (Å²) in [6.07, 6.45) is 0. The average Bonchev–Trinajstić information content (AvgIpc) is 3.11. The molecule has 144 valence electrons. The van der Waals surface area contributed by atoms with Crippen LogP contribution >= 0.6 is 23.2 Å². The molecule has 0 aliphatic carbocycles. The van der Waals surface area contributed by atoms with Crippen LogP contribution in [0.5, 0.6) is 5.75 Å². The minimum atomic E-state index is -0.496. The highest BCUT2D eigenvalue weighted by Crippen LogP contribution is 2.28. The van der Waals surface area contributed by atoms with Crippen molar-refractivity contribution >= 4 is 40.5 Å². The van der Waals surface area contributed by atoms with E-state index in [0.29, 0.717) is 32.8 Å². The van der Waals surface area contributed by atoms with Crippen LogP contribution < -0.4 is 10.1 Å². The number of carbonyl (C=O) groups is 1. The molecule has 0 spiro atoms. The third-order valence-corrected chi connectivity index (χ3v) is 4.35. The molecule has 0 saturated carbocycles. The van der Waals surface area contributed by atoms with Gasteiger partial charge in [-0.05, 0) is 48.9 Å². The van der Waals surface area contributed by atoms with Gasteiger partial charge in [-0.25, -0.2) is 0 Å². The molecule has 0 saturated heterocycles. The molecule has 0 atom stereocenters. The topological polar surface area (TPSA) is 94.6 Å². The summed E-state index contributed by atoms with van der Waals surface area (Å²) in [6, 6.07) is 12.1. The van der Waals surface area contributed by atoms with Crippen molar-refractivity contribution in [3.63, 3.8) is 0 Å². The zero-order valence-corrected chi connectivity index (χ0v) is 16.1. The number of nitrogens with zero attached hydrogens (tertiary/aromatic N) is 1. The highest BCUT2D eigenvalue weighted by molar-refractivity contribution is 6.35. The standard InChI is InChI=1S/C19H14Cl2N2O5/c1-11-8-13(23(25)26)3-5-16(11)22-19(24)18-7-4-14(28-18)10-27-17-6-2-12(20)9-15(17)21/h2-9H,10H2,1H3,(H,22,24). The quantitative estimate of drug-likeness (QED) is 0.411. The molecule has 0 radical (unpaired) electrons. The summed E-state index contributed by atoms with van der Waals surface area (Å²) in [5, 5.41) is 14.3. The lowest BCUT2D eigenvalue weighted by Gasteiger charge is -2.07. The molecule has 1 heterocycles. The van der Waals surface area contributed by atoms with Gasteiger partial charge in [-0.15, -0.1) is 0 Å². The van der Waals surface area contributed by atoms with Crippen LogP contribution in [-0.2, 0) is 6.61 Å². The van der Waals surface area contributed by atoms with Gasteiger partial charge in [-0.2, -0.15) is 0 Å². The maximum Gasteiger partial charge on any atom is 0.291 e. The van der Waals surface area contributed by atoms with Crippen LogP contribution in [0.1, 0.15) is 21.9 Å². The molecule has 1 aromatic heterocycles. The number of furan rings is 1. The minimum absolute atomic E-state index is 0.0474. The maximum atomic E-state index is 12.3. The summed E-state index contributed by atoms with van der Waals surface area (Å²) in [5.74, 6) is 0.470. The molecule has 28 heavy (non-hydrogen) atoms. The van der Waals surface area contributed by atoms with Crippen molar-refractivity contribution in [2.75, 3.05) is 5.32 Å². The van der Waals surface area contributed by atoms with Crippen LogP contribution in [0.25, 0.3) is 0 Å². The van der Waals surface area contributed by atoms with Crippen LogP contribution in [0.2, 0.25) is 10.0 Å². The van der Waals surface area contributed by atoms with Gasteiger partial charge in [0.25, 0.3) is 11.6 Å². The van der Waals surface area contributed by atoms with Gasteiger partial charge in [-0.3, -0.25) is 14.9 Å². The van der Waals surface area contributed by atoms with Crippen molar-refractivity contribution in [3.05, 3.63) is 85.8 Å². The van der Waals surface area contributed by atoms with E-state index in [0.717, 1.165) is 0 Å². The minimum Gasteiger partial charge on any atom is -0.484 e. The van der Waals surface area contributed by atoms with Crippen LogP contribution in [0.4, 0.5) is 11.4 Å². The zero-order chi connectivity index (χ0) is 20.3. The fraction of sp³-hybridized carbons (Fsp3) is 0.105. The predicted molar refractivity (Wildman–Crippen MR) is 105 cm³/mol. The summed E-state index contributed by atoms with van der Waals surface area (Å²) in [6.45, 7) is 1.74. The predicted octanol–water partition coefficient (Wildman–Crippen LogP) is 5.63. The number of amides is 1. The van der Waals surface area contributed by atoms with E-state index in [-0.39, 0.29) is 18.1 Å². The van der Waals surface area contributed by atoms with E-state index >= 15 is 0 Å². The number of hydrogen-bond donors (Lipinski definition) is 1. The molecule has 0 unspecified atom stereocenters. The van der Waals surface area contributed by atoms with E-state index < -0.39 is 10.8 Å². The van der Waals surface area contributed by atoms with Crippen LogP contribution in [-0.4, -0.2) is 10.8 Å². The van der Waals surface area contributed by atoms with E-state index in [1.807, 2.05) is 0 Å². The van der Waals surface area contributed by atoms with Gasteiger partial charge in [0.15, 0.2) is 5.76 Å². The first-order valence-corrected chi connectivity index (χ1v) is 8.82. The van der Waals surface area contributed by atoms with Crippen molar-refractivity contribution in [2.45, 2.75) is 13.5 Å². The Labute approximate surface area is 170 Å². The number of rotatable bonds is 6. The molecule has 0 fully saturated rings. The molecule has 0 aliphatic heterocycles. The Hall–Kier alpha value is -3.03. The summed E-state index contributed by atoms with van der Waals surface area (Å²) in [5.41, 5.74) is 0.974. The third-order valence-electron chi connectivity index (χ3n) is 3.82. The molecule has 9 heteroatoms. The first kappa shape index (κ1) is 19.7. The number of ether oxygens (including phenoxy) is 1. The molecule has 0 aliphatic rings. The number of benzene rings is 2. The third kappa shape index (κ3) is 4.62. The Kier molecular flexibility index (Phi) is 5.87. The highest BCUT2D eigenvalue weighted by atomic mass is 35.5.